The van der Waals surface area contributed by atoms with Crippen molar-refractivity contribution in [2.45, 2.75) is 19.8 Å². The van der Waals surface area contributed by atoms with E-state index in [-0.39, 0.29) is 5.88 Å². The highest BCUT2D eigenvalue weighted by Crippen LogP contribution is 2.34. The molecule has 2 N–H and O–H groups in total. The van der Waals surface area contributed by atoms with Crippen LogP contribution in [0.2, 0.25) is 0 Å². The van der Waals surface area contributed by atoms with Crippen LogP contribution in [0.4, 0.5) is 5.13 Å². The summed E-state index contributed by atoms with van der Waals surface area (Å²) in [6, 6.07) is 0. The molecule has 0 aromatic carbocycles. The zero-order valence-electron chi connectivity index (χ0n) is 9.56. The Morgan fingerprint density at radius 2 is 2.12 bits per heavy atom. The summed E-state index contributed by atoms with van der Waals surface area (Å²) in [7, 11) is 0. The van der Waals surface area contributed by atoms with Crippen LogP contribution in [-0.2, 0) is 4.74 Å². The second-order valence-corrected chi connectivity index (χ2v) is 5.10. The van der Waals surface area contributed by atoms with Crippen LogP contribution in [0.1, 0.15) is 24.6 Å². The van der Waals surface area contributed by atoms with Crippen LogP contribution in [0, 0.1) is 0 Å². The van der Waals surface area contributed by atoms with Gasteiger partial charge in [-0.25, -0.2) is 5.01 Å². The van der Waals surface area contributed by atoms with Crippen LogP contribution < -0.4 is 5.43 Å². The van der Waals surface area contributed by atoms with Gasteiger partial charge in [-0.2, -0.15) is 4.98 Å². The molecule has 0 radical (unpaired) electrons. The number of rotatable bonds is 3. The van der Waals surface area contributed by atoms with Crippen molar-refractivity contribution in [3.05, 3.63) is 4.88 Å². The van der Waals surface area contributed by atoms with Crippen LogP contribution in [-0.4, -0.2) is 41.4 Å². The molecule has 1 aliphatic heterocycles. The highest BCUT2D eigenvalue weighted by Gasteiger charge is 2.16. The van der Waals surface area contributed by atoms with Gasteiger partial charge in [-0.1, -0.05) is 25.2 Å². The average molecular weight is 243 g/mol. The summed E-state index contributed by atoms with van der Waals surface area (Å²) in [4.78, 5) is 5.03. The van der Waals surface area contributed by atoms with Gasteiger partial charge in [0.2, 0.25) is 11.0 Å². The van der Waals surface area contributed by atoms with Gasteiger partial charge >= 0.3 is 0 Å². The van der Waals surface area contributed by atoms with E-state index in [2.05, 4.69) is 15.4 Å². The Hall–Kier alpha value is -0.850. The third kappa shape index (κ3) is 2.63. The van der Waals surface area contributed by atoms with Crippen molar-refractivity contribution in [2.24, 2.45) is 0 Å². The third-order valence-electron chi connectivity index (χ3n) is 2.42. The number of ether oxygens (including phenoxy) is 1. The number of nitrogens with one attached hydrogen (secondary N) is 1. The maximum absolute atomic E-state index is 9.65. The lowest BCUT2D eigenvalue weighted by Crippen LogP contribution is -2.40. The van der Waals surface area contributed by atoms with E-state index in [1.54, 1.807) is 0 Å². The Labute approximate surface area is 99.0 Å². The van der Waals surface area contributed by atoms with E-state index in [9.17, 15) is 5.11 Å². The molecule has 1 aromatic rings. The lowest BCUT2D eigenvalue weighted by atomic mass is 10.2. The minimum atomic E-state index is 0.149. The van der Waals surface area contributed by atoms with Crippen molar-refractivity contribution in [1.29, 1.82) is 0 Å². The molecule has 0 bridgehead atoms. The van der Waals surface area contributed by atoms with Gasteiger partial charge in [0.25, 0.3) is 0 Å². The molecule has 1 aliphatic rings. The highest BCUT2D eigenvalue weighted by molar-refractivity contribution is 7.15. The van der Waals surface area contributed by atoms with E-state index >= 15 is 0 Å². The van der Waals surface area contributed by atoms with Gasteiger partial charge in [-0.15, -0.1) is 0 Å². The molecular formula is C10H17N3O2S. The summed E-state index contributed by atoms with van der Waals surface area (Å²) in [6.45, 7) is 7.26. The van der Waals surface area contributed by atoms with Crippen LogP contribution >= 0.6 is 11.3 Å². The number of nitrogens with zero attached hydrogens (tertiary/aromatic N) is 2. The predicted octanol–water partition coefficient (Wildman–Crippen LogP) is 1.63. The summed E-state index contributed by atoms with van der Waals surface area (Å²) in [6.07, 6.45) is 0. The molecule has 90 valence electrons. The highest BCUT2D eigenvalue weighted by atomic mass is 32.1. The van der Waals surface area contributed by atoms with E-state index in [0.29, 0.717) is 5.92 Å². The van der Waals surface area contributed by atoms with Gasteiger partial charge in [0.1, 0.15) is 0 Å². The number of anilines is 1. The summed E-state index contributed by atoms with van der Waals surface area (Å²) in [5.74, 6) is 0.452. The molecular weight excluding hydrogens is 226 g/mol. The number of hydrogen-bond acceptors (Lipinski definition) is 6. The van der Waals surface area contributed by atoms with E-state index in [1.807, 2.05) is 13.8 Å². The normalized spacial score (nSPS) is 17.9. The van der Waals surface area contributed by atoms with E-state index in [0.717, 1.165) is 36.3 Å². The first-order valence-corrected chi connectivity index (χ1v) is 6.27. The number of hydrazine groups is 1. The second kappa shape index (κ2) is 4.99. The Morgan fingerprint density at radius 1 is 1.44 bits per heavy atom. The largest absolute Gasteiger partial charge is 0.492 e. The molecule has 1 fully saturated rings. The van der Waals surface area contributed by atoms with Gasteiger partial charge in [0.05, 0.1) is 18.1 Å². The molecule has 6 heteroatoms. The first-order valence-electron chi connectivity index (χ1n) is 5.46. The average Bonchev–Trinajstić information content (AvgIpc) is 2.61. The number of morpholine rings is 1. The Balaban J connectivity index is 2.01. The first kappa shape index (κ1) is 11.6. The number of hydrogen-bond donors (Lipinski definition) is 2. The minimum absolute atomic E-state index is 0.149. The SMILES string of the molecule is CC(C)c1sc(NN2CCOCC2)nc1O. The van der Waals surface area contributed by atoms with Gasteiger partial charge in [0.15, 0.2) is 0 Å². The fraction of sp³-hybridized carbons (Fsp3) is 0.700. The molecule has 0 unspecified atom stereocenters. The molecule has 16 heavy (non-hydrogen) atoms. The molecule has 2 rings (SSSR count). The van der Waals surface area contributed by atoms with E-state index < -0.39 is 0 Å². The number of aromatic nitrogens is 1. The van der Waals surface area contributed by atoms with Gasteiger partial charge in [0, 0.05) is 13.1 Å². The molecule has 0 spiro atoms. The molecule has 1 aromatic heterocycles. The topological polar surface area (TPSA) is 57.6 Å². The Bertz CT molecular complexity index is 348. The summed E-state index contributed by atoms with van der Waals surface area (Å²) < 4.78 is 5.26. The number of thiazole rings is 1. The zero-order chi connectivity index (χ0) is 11.5. The maximum Gasteiger partial charge on any atom is 0.227 e. The van der Waals surface area contributed by atoms with Gasteiger partial charge < -0.3 is 9.84 Å². The van der Waals surface area contributed by atoms with Crippen molar-refractivity contribution in [3.63, 3.8) is 0 Å². The van der Waals surface area contributed by atoms with Gasteiger partial charge in [-0.3, -0.25) is 5.43 Å². The second-order valence-electron chi connectivity index (χ2n) is 4.07. The third-order valence-corrected chi connectivity index (χ3v) is 3.67. The standard InChI is InChI=1S/C10H17N3O2S/c1-7(2)8-9(14)11-10(16-8)12-13-3-5-15-6-4-13/h7,14H,3-6H2,1-2H3,(H,11,12). The zero-order valence-corrected chi connectivity index (χ0v) is 10.4. The Kier molecular flexibility index (Phi) is 3.63. The first-order chi connectivity index (χ1) is 7.66. The van der Waals surface area contributed by atoms with E-state index in [4.69, 9.17) is 4.74 Å². The number of aromatic hydroxyl groups is 1. The van der Waals surface area contributed by atoms with Crippen LogP contribution in [0.25, 0.3) is 0 Å². The van der Waals surface area contributed by atoms with Crippen molar-refractivity contribution in [3.8, 4) is 5.88 Å². The minimum Gasteiger partial charge on any atom is -0.492 e. The monoisotopic (exact) mass is 243 g/mol. The van der Waals surface area contributed by atoms with Crippen LogP contribution in [0.5, 0.6) is 5.88 Å². The fourth-order valence-corrected chi connectivity index (χ4v) is 2.45. The smallest absolute Gasteiger partial charge is 0.227 e. The maximum atomic E-state index is 9.65. The Morgan fingerprint density at radius 3 is 2.69 bits per heavy atom. The van der Waals surface area contributed by atoms with Crippen LogP contribution in [0.15, 0.2) is 0 Å². The summed E-state index contributed by atoms with van der Waals surface area (Å²) in [5, 5.41) is 12.5. The van der Waals surface area contributed by atoms with Crippen molar-refractivity contribution >= 4 is 16.5 Å². The van der Waals surface area contributed by atoms with Crippen LogP contribution in [0.3, 0.4) is 0 Å². The molecule has 0 saturated carbocycles. The molecule has 2 heterocycles. The molecule has 0 atom stereocenters. The fourth-order valence-electron chi connectivity index (χ4n) is 1.56. The molecule has 1 saturated heterocycles. The predicted molar refractivity (Wildman–Crippen MR) is 63.9 cm³/mol. The van der Waals surface area contributed by atoms with Crippen molar-refractivity contribution in [1.82, 2.24) is 9.99 Å². The van der Waals surface area contributed by atoms with E-state index in [1.165, 1.54) is 11.3 Å². The quantitative estimate of drug-likeness (QED) is 0.845. The van der Waals surface area contributed by atoms with Gasteiger partial charge in [-0.05, 0) is 5.92 Å². The van der Waals surface area contributed by atoms with Crippen molar-refractivity contribution < 1.29 is 9.84 Å². The molecule has 0 aliphatic carbocycles. The van der Waals surface area contributed by atoms with Crippen molar-refractivity contribution in [2.75, 3.05) is 31.7 Å². The summed E-state index contributed by atoms with van der Waals surface area (Å²) >= 11 is 1.51. The summed E-state index contributed by atoms with van der Waals surface area (Å²) in [5.41, 5.74) is 3.20. The molecule has 0 amide bonds. The molecule has 5 nitrogen and oxygen atoms in total. The lowest BCUT2D eigenvalue weighted by Gasteiger charge is -2.26. The lowest BCUT2D eigenvalue weighted by molar-refractivity contribution is 0.0496.